The molecule has 5 nitrogen and oxygen atoms in total. The average Bonchev–Trinajstić information content (AvgIpc) is 2.90. The van der Waals surface area contributed by atoms with E-state index < -0.39 is 12.0 Å². The van der Waals surface area contributed by atoms with Gasteiger partial charge in [0.05, 0.1) is 11.6 Å². The molecule has 3 rings (SSSR count). The van der Waals surface area contributed by atoms with E-state index in [0.717, 1.165) is 16.6 Å². The van der Waals surface area contributed by atoms with Crippen LogP contribution in [0, 0.1) is 0 Å². The maximum atomic E-state index is 11.5. The highest BCUT2D eigenvalue weighted by atomic mass is 35.5. The first kappa shape index (κ1) is 14.1. The third-order valence-corrected chi connectivity index (χ3v) is 4.11. The number of pyridine rings is 1. The van der Waals surface area contributed by atoms with Gasteiger partial charge in [0, 0.05) is 42.4 Å². The Balaban J connectivity index is 2.08. The first-order valence-electron chi connectivity index (χ1n) is 6.66. The number of carbonyl (C=O) groups is 1. The minimum absolute atomic E-state index is 0.0818. The number of methoxy groups -OCH3 is 1. The molecule has 1 N–H and O–H groups in total. The van der Waals surface area contributed by atoms with Crippen molar-refractivity contribution in [3.05, 3.63) is 35.5 Å². The van der Waals surface area contributed by atoms with Gasteiger partial charge >= 0.3 is 5.97 Å². The second kappa shape index (κ2) is 5.50. The molecular formula is C15H15ClN2O3. The van der Waals surface area contributed by atoms with Gasteiger partial charge in [-0.05, 0) is 24.3 Å². The van der Waals surface area contributed by atoms with Gasteiger partial charge in [0.15, 0.2) is 0 Å². The predicted molar refractivity (Wildman–Crippen MR) is 80.9 cm³/mol. The number of rotatable bonds is 3. The lowest BCUT2D eigenvalue weighted by Crippen LogP contribution is -2.36. The summed E-state index contributed by atoms with van der Waals surface area (Å²) in [6.07, 6.45) is 2.07. The zero-order chi connectivity index (χ0) is 15.0. The lowest BCUT2D eigenvalue weighted by molar-refractivity contribution is -0.138. The molecule has 110 valence electrons. The molecule has 0 amide bonds. The van der Waals surface area contributed by atoms with E-state index >= 15 is 0 Å². The number of anilines is 1. The monoisotopic (exact) mass is 306 g/mol. The number of aliphatic carboxylic acids is 1. The van der Waals surface area contributed by atoms with Gasteiger partial charge in [0.1, 0.15) is 6.04 Å². The molecule has 1 aliphatic heterocycles. The lowest BCUT2D eigenvalue weighted by atomic mass is 10.1. The second-order valence-corrected chi connectivity index (χ2v) is 5.53. The summed E-state index contributed by atoms with van der Waals surface area (Å²) in [5, 5.41) is 10.9. The average molecular weight is 307 g/mol. The van der Waals surface area contributed by atoms with Crippen LogP contribution in [0.1, 0.15) is 6.42 Å². The Morgan fingerprint density at radius 3 is 3.00 bits per heavy atom. The van der Waals surface area contributed by atoms with Crippen molar-refractivity contribution in [2.24, 2.45) is 0 Å². The van der Waals surface area contributed by atoms with Crippen LogP contribution >= 0.6 is 11.6 Å². The van der Waals surface area contributed by atoms with Crippen LogP contribution in [0.4, 0.5) is 5.69 Å². The van der Waals surface area contributed by atoms with E-state index in [4.69, 9.17) is 16.3 Å². The van der Waals surface area contributed by atoms with E-state index in [9.17, 15) is 9.90 Å². The summed E-state index contributed by atoms with van der Waals surface area (Å²) in [6.45, 7) is 0.551. The van der Waals surface area contributed by atoms with E-state index in [2.05, 4.69) is 4.98 Å². The molecule has 1 aromatic heterocycles. The van der Waals surface area contributed by atoms with Gasteiger partial charge in [-0.25, -0.2) is 4.79 Å². The van der Waals surface area contributed by atoms with Crippen molar-refractivity contribution >= 4 is 34.2 Å². The first-order chi connectivity index (χ1) is 10.1. The highest BCUT2D eigenvalue weighted by Crippen LogP contribution is 2.33. The van der Waals surface area contributed by atoms with Crippen LogP contribution in [0.5, 0.6) is 0 Å². The van der Waals surface area contributed by atoms with E-state index in [1.165, 1.54) is 0 Å². The molecule has 1 aromatic carbocycles. The molecule has 0 aliphatic carbocycles. The number of benzene rings is 1. The van der Waals surface area contributed by atoms with Crippen LogP contribution < -0.4 is 4.90 Å². The van der Waals surface area contributed by atoms with Gasteiger partial charge < -0.3 is 14.7 Å². The van der Waals surface area contributed by atoms with E-state index in [1.807, 2.05) is 17.0 Å². The van der Waals surface area contributed by atoms with E-state index in [-0.39, 0.29) is 6.10 Å². The summed E-state index contributed by atoms with van der Waals surface area (Å²) in [5.41, 5.74) is 1.61. The molecule has 2 heterocycles. The first-order valence-corrected chi connectivity index (χ1v) is 7.04. The van der Waals surface area contributed by atoms with Crippen LogP contribution in [0.15, 0.2) is 30.5 Å². The summed E-state index contributed by atoms with van der Waals surface area (Å²) in [4.78, 5) is 17.7. The van der Waals surface area contributed by atoms with Crippen molar-refractivity contribution in [2.75, 3.05) is 18.6 Å². The Labute approximate surface area is 127 Å². The van der Waals surface area contributed by atoms with Crippen molar-refractivity contribution in [3.63, 3.8) is 0 Å². The number of carboxylic acids is 1. The number of nitrogens with zero attached hydrogens (tertiary/aromatic N) is 2. The fourth-order valence-corrected chi connectivity index (χ4v) is 2.99. The number of carboxylic acid groups (broad SMARTS) is 1. The molecule has 0 radical (unpaired) electrons. The van der Waals surface area contributed by atoms with Crippen LogP contribution in [0.2, 0.25) is 5.02 Å². The molecule has 0 bridgehead atoms. The van der Waals surface area contributed by atoms with Gasteiger partial charge in [-0.2, -0.15) is 0 Å². The molecule has 0 saturated carbocycles. The Bertz CT molecular complexity index is 692. The number of halogens is 1. The Morgan fingerprint density at radius 2 is 2.29 bits per heavy atom. The van der Waals surface area contributed by atoms with Crippen molar-refractivity contribution in [2.45, 2.75) is 18.6 Å². The molecule has 21 heavy (non-hydrogen) atoms. The summed E-state index contributed by atoms with van der Waals surface area (Å²) >= 11 is 5.99. The van der Waals surface area contributed by atoms with Crippen molar-refractivity contribution < 1.29 is 14.6 Å². The molecule has 6 heteroatoms. The Kier molecular flexibility index (Phi) is 3.69. The zero-order valence-electron chi connectivity index (χ0n) is 11.5. The maximum absolute atomic E-state index is 11.5. The Hall–Kier alpha value is -1.85. The number of fused-ring (bicyclic) bond motifs is 1. The van der Waals surface area contributed by atoms with Gasteiger partial charge in [0.25, 0.3) is 0 Å². The zero-order valence-corrected chi connectivity index (χ0v) is 12.2. The van der Waals surface area contributed by atoms with Crippen LogP contribution in [0.25, 0.3) is 10.9 Å². The molecule has 1 aliphatic rings. The number of ether oxygens (including phenoxy) is 1. The second-order valence-electron chi connectivity index (χ2n) is 5.09. The Morgan fingerprint density at radius 1 is 1.48 bits per heavy atom. The molecule has 2 unspecified atom stereocenters. The molecule has 0 spiro atoms. The fraction of sp³-hybridized carbons (Fsp3) is 0.333. The van der Waals surface area contributed by atoms with E-state index in [1.54, 1.807) is 25.4 Å². The molecular weight excluding hydrogens is 292 g/mol. The van der Waals surface area contributed by atoms with Gasteiger partial charge in [-0.3, -0.25) is 4.98 Å². The molecule has 2 atom stereocenters. The minimum Gasteiger partial charge on any atom is -0.480 e. The summed E-state index contributed by atoms with van der Waals surface area (Å²) in [6, 6.07) is 6.69. The fourth-order valence-electron chi connectivity index (χ4n) is 2.83. The summed E-state index contributed by atoms with van der Waals surface area (Å²) < 4.78 is 5.33. The van der Waals surface area contributed by atoms with Crippen molar-refractivity contribution in [1.82, 2.24) is 4.98 Å². The topological polar surface area (TPSA) is 62.7 Å². The quantitative estimate of drug-likeness (QED) is 0.944. The standard InChI is InChI=1S/C15H15ClN2O3/c1-21-10-7-14(15(19)20)18(8-10)13-4-5-17-12-6-9(16)2-3-11(12)13/h2-6,10,14H,7-8H2,1H3,(H,19,20). The largest absolute Gasteiger partial charge is 0.480 e. The third kappa shape index (κ3) is 2.54. The van der Waals surface area contributed by atoms with E-state index in [0.29, 0.717) is 18.0 Å². The highest BCUT2D eigenvalue weighted by molar-refractivity contribution is 6.31. The third-order valence-electron chi connectivity index (χ3n) is 3.87. The van der Waals surface area contributed by atoms with Crippen molar-refractivity contribution in [3.8, 4) is 0 Å². The van der Waals surface area contributed by atoms with Crippen molar-refractivity contribution in [1.29, 1.82) is 0 Å². The smallest absolute Gasteiger partial charge is 0.326 e. The van der Waals surface area contributed by atoms with Gasteiger partial charge in [-0.1, -0.05) is 11.6 Å². The van der Waals surface area contributed by atoms with Crippen LogP contribution in [-0.2, 0) is 9.53 Å². The van der Waals surface area contributed by atoms with Gasteiger partial charge in [-0.15, -0.1) is 0 Å². The normalized spacial score (nSPS) is 21.9. The maximum Gasteiger partial charge on any atom is 0.326 e. The highest BCUT2D eigenvalue weighted by Gasteiger charge is 2.37. The van der Waals surface area contributed by atoms with Crippen LogP contribution in [0.3, 0.4) is 0 Å². The lowest BCUT2D eigenvalue weighted by Gasteiger charge is -2.24. The number of hydrogen-bond donors (Lipinski definition) is 1. The SMILES string of the molecule is COC1CC(C(=O)O)N(c2ccnc3cc(Cl)ccc23)C1. The van der Waals surface area contributed by atoms with Crippen LogP contribution in [-0.4, -0.2) is 41.9 Å². The summed E-state index contributed by atoms with van der Waals surface area (Å²) in [5.74, 6) is -0.839. The molecule has 1 saturated heterocycles. The predicted octanol–water partition coefficient (Wildman–Crippen LogP) is 2.57. The number of hydrogen-bond acceptors (Lipinski definition) is 4. The van der Waals surface area contributed by atoms with Gasteiger partial charge in [0.2, 0.25) is 0 Å². The number of aromatic nitrogens is 1. The molecule has 1 fully saturated rings. The minimum atomic E-state index is -0.839. The molecule has 2 aromatic rings. The summed E-state index contributed by atoms with van der Waals surface area (Å²) in [7, 11) is 1.61.